The van der Waals surface area contributed by atoms with E-state index in [4.69, 9.17) is 0 Å². The van der Waals surface area contributed by atoms with Crippen molar-refractivity contribution in [3.63, 3.8) is 0 Å². The number of thiophene rings is 1. The van der Waals surface area contributed by atoms with Gasteiger partial charge in [0.15, 0.2) is 0 Å². The van der Waals surface area contributed by atoms with E-state index in [1.807, 2.05) is 11.3 Å². The maximum Gasteiger partial charge on any atom is 0.252 e. The first kappa shape index (κ1) is 51.0. The van der Waals surface area contributed by atoms with E-state index in [0.717, 1.165) is 47.5 Å². The number of unbranched alkanes of at least 4 members (excludes halogenated alkanes) is 1. The Bertz CT molecular complexity index is 4820. The second kappa shape index (κ2) is 20.3. The molecule has 0 atom stereocenters. The molecule has 16 rings (SSSR count). The second-order valence-electron chi connectivity index (χ2n) is 24.2. The summed E-state index contributed by atoms with van der Waals surface area (Å²) in [5, 5.41) is 9.69. The molecule has 0 unspecified atom stereocenters. The zero-order valence-electron chi connectivity index (χ0n) is 48.3. The molecular formula is C80H62BN3S. The topological polar surface area (TPSA) is 20.2 Å². The summed E-state index contributed by atoms with van der Waals surface area (Å²) in [5.74, 6) is 0. The number of aromatic nitrogens is 1. The molecule has 2 aliphatic rings. The molecule has 12 aromatic carbocycles. The van der Waals surface area contributed by atoms with Crippen LogP contribution < -0.4 is 26.6 Å². The van der Waals surface area contributed by atoms with Gasteiger partial charge in [0.1, 0.15) is 0 Å². The molecule has 14 aromatic rings. The van der Waals surface area contributed by atoms with Gasteiger partial charge in [-0.15, -0.1) is 11.3 Å². The molecule has 0 saturated heterocycles. The minimum absolute atomic E-state index is 0.148. The first-order chi connectivity index (χ1) is 41.8. The van der Waals surface area contributed by atoms with Gasteiger partial charge in [-0.2, -0.15) is 0 Å². The van der Waals surface area contributed by atoms with Gasteiger partial charge in [0.2, 0.25) is 0 Å². The van der Waals surface area contributed by atoms with Crippen molar-refractivity contribution in [2.24, 2.45) is 0 Å². The van der Waals surface area contributed by atoms with Crippen LogP contribution in [0, 0.1) is 0 Å². The van der Waals surface area contributed by atoms with Crippen molar-refractivity contribution >= 4 is 105 Å². The van der Waals surface area contributed by atoms with Gasteiger partial charge in [0, 0.05) is 70.4 Å². The third-order valence-electron chi connectivity index (χ3n) is 18.2. The lowest BCUT2D eigenvalue weighted by Crippen LogP contribution is -2.60. The predicted molar refractivity (Wildman–Crippen MR) is 367 cm³/mol. The van der Waals surface area contributed by atoms with Gasteiger partial charge in [0.25, 0.3) is 6.71 Å². The molecule has 0 spiro atoms. The monoisotopic (exact) mass is 1110 g/mol. The maximum absolute atomic E-state index is 4.45. The number of anilines is 5. The summed E-state index contributed by atoms with van der Waals surface area (Å²) in [6.45, 7) is 9.29. The first-order valence-electron chi connectivity index (χ1n) is 30.2. The predicted octanol–water partition coefficient (Wildman–Crippen LogP) is 20.5. The Labute approximate surface area is 502 Å². The van der Waals surface area contributed by atoms with Gasteiger partial charge in [0.05, 0.1) is 22.4 Å². The third-order valence-corrected chi connectivity index (χ3v) is 19.3. The highest BCUT2D eigenvalue weighted by atomic mass is 32.1. The van der Waals surface area contributed by atoms with Crippen molar-refractivity contribution in [2.45, 2.75) is 52.4 Å². The highest BCUT2D eigenvalue weighted by Crippen LogP contribution is 2.53. The van der Waals surface area contributed by atoms with E-state index < -0.39 is 0 Å². The van der Waals surface area contributed by atoms with Crippen LogP contribution in [0.5, 0.6) is 0 Å². The summed E-state index contributed by atoms with van der Waals surface area (Å²) >= 11 is 1.92. The molecule has 4 heterocycles. The fourth-order valence-electron chi connectivity index (χ4n) is 14.2. The van der Waals surface area contributed by atoms with E-state index in [0.29, 0.717) is 0 Å². The quantitative estimate of drug-likeness (QED) is 0.138. The van der Waals surface area contributed by atoms with Crippen LogP contribution in [0.1, 0.15) is 51.7 Å². The zero-order chi connectivity index (χ0) is 56.9. The van der Waals surface area contributed by atoms with E-state index in [1.54, 1.807) is 0 Å². The lowest BCUT2D eigenvalue weighted by Gasteiger charge is -2.43. The average Bonchev–Trinajstić information content (AvgIpc) is 0.847. The molecule has 0 amide bonds. The molecule has 3 nitrogen and oxygen atoms in total. The van der Waals surface area contributed by atoms with E-state index in [9.17, 15) is 0 Å². The van der Waals surface area contributed by atoms with Gasteiger partial charge in [-0.05, 0) is 145 Å². The Morgan fingerprint density at radius 1 is 0.447 bits per heavy atom. The Balaban J connectivity index is 1.05. The number of rotatable bonds is 10. The highest BCUT2D eigenvalue weighted by Gasteiger charge is 2.44. The molecule has 406 valence electrons. The van der Waals surface area contributed by atoms with E-state index >= 15 is 0 Å². The molecule has 0 saturated carbocycles. The summed E-state index contributed by atoms with van der Waals surface area (Å²) in [7, 11) is 0. The number of hydrogen-bond donors (Lipinski definition) is 1. The van der Waals surface area contributed by atoms with Crippen LogP contribution in [0.15, 0.2) is 261 Å². The van der Waals surface area contributed by atoms with Gasteiger partial charge >= 0.3 is 0 Å². The van der Waals surface area contributed by atoms with Gasteiger partial charge in [-0.3, -0.25) is 0 Å². The van der Waals surface area contributed by atoms with E-state index in [-0.39, 0.29) is 12.1 Å². The molecule has 1 N–H and O–H groups in total. The van der Waals surface area contributed by atoms with Crippen LogP contribution in [0.25, 0.3) is 103 Å². The first-order valence-corrected chi connectivity index (χ1v) is 31.0. The minimum Gasteiger partial charge on any atom is -0.356 e. The van der Waals surface area contributed by atoms with Crippen LogP contribution in [0.2, 0.25) is 0 Å². The molecular weight excluding hydrogens is 1050 g/mol. The molecule has 2 aromatic heterocycles. The van der Waals surface area contributed by atoms with Crippen molar-refractivity contribution < 1.29 is 0 Å². The number of para-hydroxylation sites is 2. The Hall–Kier alpha value is -9.68. The lowest BCUT2D eigenvalue weighted by molar-refractivity contribution is 0.591. The molecule has 0 radical (unpaired) electrons. The number of hydrogen-bond acceptors (Lipinski definition) is 3. The molecule has 0 bridgehead atoms. The molecule has 0 aliphatic carbocycles. The van der Waals surface area contributed by atoms with Crippen molar-refractivity contribution in [3.8, 4) is 61.3 Å². The van der Waals surface area contributed by atoms with Crippen LogP contribution in [-0.4, -0.2) is 11.3 Å². The number of benzene rings is 12. The summed E-state index contributed by atoms with van der Waals surface area (Å²) < 4.78 is 5.23. The third kappa shape index (κ3) is 8.31. The minimum atomic E-state index is -0.209. The molecule has 2 aliphatic heterocycles. The van der Waals surface area contributed by atoms with Crippen molar-refractivity contribution in [2.75, 3.05) is 10.2 Å². The second-order valence-corrected chi connectivity index (χ2v) is 25.3. The zero-order valence-corrected chi connectivity index (χ0v) is 49.1. The SMILES string of the molecule is CCCCc1c(-c2c(-n3c4ccccc4c4ccccc43)ccc3c2Nc2cc(C(C)(C)C)cc4c2B3c2cc(-c3ccccc3)ccc2N4c2c(-c3ccccc3)cc(-c3ccccc3)cc2-c2ccccc2)ccc2sc3ccccc3c12. The number of fused-ring (bicyclic) bond motifs is 10. The van der Waals surface area contributed by atoms with Crippen molar-refractivity contribution in [3.05, 3.63) is 272 Å². The van der Waals surface area contributed by atoms with Crippen LogP contribution in [0.3, 0.4) is 0 Å². The summed E-state index contributed by atoms with van der Waals surface area (Å²) in [5.41, 5.74) is 27.6. The lowest BCUT2D eigenvalue weighted by atomic mass is 9.33. The molecule has 5 heteroatoms. The van der Waals surface area contributed by atoms with Crippen LogP contribution in [0.4, 0.5) is 28.4 Å². The normalized spacial score (nSPS) is 12.7. The van der Waals surface area contributed by atoms with Gasteiger partial charge in [-0.25, -0.2) is 0 Å². The Morgan fingerprint density at radius 2 is 1.01 bits per heavy atom. The fraction of sp³-hybridized carbons (Fsp3) is 0.100. The van der Waals surface area contributed by atoms with Gasteiger partial charge < -0.3 is 14.8 Å². The van der Waals surface area contributed by atoms with Crippen molar-refractivity contribution in [1.82, 2.24) is 4.57 Å². The van der Waals surface area contributed by atoms with Crippen LogP contribution >= 0.6 is 11.3 Å². The van der Waals surface area contributed by atoms with E-state index in [1.165, 1.54) is 131 Å². The summed E-state index contributed by atoms with van der Waals surface area (Å²) in [6.07, 6.45) is 3.15. The number of nitrogens with zero attached hydrogens (tertiary/aromatic N) is 2. The maximum atomic E-state index is 4.45. The molecule has 0 fully saturated rings. The average molecular weight is 1110 g/mol. The smallest absolute Gasteiger partial charge is 0.252 e. The Morgan fingerprint density at radius 3 is 1.64 bits per heavy atom. The van der Waals surface area contributed by atoms with Gasteiger partial charge in [-0.1, -0.05) is 234 Å². The standard InChI is InChI=1S/C80H62BN3S/c1-5-6-33-60-61(41-45-74-75(60)62-36-21-24-39-73(62)85-74)76-71(83-68-37-22-19-34-58(68)59-35-20-23-38-69(59)83)44-42-65-78(76)82-67-49-57(80(2,3)4)50-72-77(67)81(65)66-48-55(51-25-11-7-12-26-51)40-43-70(66)84(72)79-63(53-29-15-9-16-30-53)46-56(52-27-13-8-14-28-52)47-64(79)54-31-17-10-18-32-54/h7-32,34-50,82H,5-6,33H2,1-4H3. The Kier molecular flexibility index (Phi) is 12.2. The van der Waals surface area contributed by atoms with Crippen molar-refractivity contribution in [1.29, 1.82) is 0 Å². The molecule has 85 heavy (non-hydrogen) atoms. The van der Waals surface area contributed by atoms with E-state index in [2.05, 4.69) is 303 Å². The number of aryl methyl sites for hydroxylation is 1. The summed E-state index contributed by atoms with van der Waals surface area (Å²) in [4.78, 5) is 2.66. The number of nitrogens with one attached hydrogen (secondary N) is 1. The fourth-order valence-corrected chi connectivity index (χ4v) is 15.3. The largest absolute Gasteiger partial charge is 0.356 e. The van der Waals surface area contributed by atoms with Crippen LogP contribution in [-0.2, 0) is 11.8 Å². The highest BCUT2D eigenvalue weighted by molar-refractivity contribution is 7.25. The summed E-state index contributed by atoms with van der Waals surface area (Å²) in [6, 6.07) is 98.2.